The Labute approximate surface area is 116 Å². The minimum Gasteiger partial charge on any atom is -0.311 e. The van der Waals surface area contributed by atoms with E-state index in [9.17, 15) is 0 Å². The van der Waals surface area contributed by atoms with Crippen LogP contribution in [0, 0.1) is 5.92 Å². The first kappa shape index (κ1) is 12.0. The lowest BCUT2D eigenvalue weighted by Crippen LogP contribution is -2.43. The third-order valence-corrected chi connectivity index (χ3v) is 5.74. The van der Waals surface area contributed by atoms with E-state index in [1.807, 2.05) is 0 Å². The van der Waals surface area contributed by atoms with Gasteiger partial charge in [0, 0.05) is 5.54 Å². The van der Waals surface area contributed by atoms with Gasteiger partial charge in [-0.15, -0.1) is 0 Å². The summed E-state index contributed by atoms with van der Waals surface area (Å²) in [6.07, 6.45) is 11.3. The van der Waals surface area contributed by atoms with E-state index in [0.717, 1.165) is 11.8 Å². The number of benzene rings is 1. The molecule has 1 heterocycles. The maximum Gasteiger partial charge on any atom is 0.0215 e. The van der Waals surface area contributed by atoms with Gasteiger partial charge in [-0.25, -0.2) is 0 Å². The van der Waals surface area contributed by atoms with Gasteiger partial charge in [0.15, 0.2) is 0 Å². The Balaban J connectivity index is 1.60. The summed E-state index contributed by atoms with van der Waals surface area (Å²) in [6.45, 7) is 1.25. The third kappa shape index (κ3) is 2.12. The highest BCUT2D eigenvalue weighted by Gasteiger charge is 2.47. The van der Waals surface area contributed by atoms with Gasteiger partial charge < -0.3 is 5.32 Å². The summed E-state index contributed by atoms with van der Waals surface area (Å²) in [7, 11) is 0. The molecule has 1 heteroatoms. The SMILES string of the molecule is c1ccc2c(c1)CCCC2CC1(C2CC2)CCCN1. The molecule has 1 aromatic carbocycles. The van der Waals surface area contributed by atoms with E-state index in [1.54, 1.807) is 11.1 Å². The number of rotatable bonds is 3. The zero-order valence-corrected chi connectivity index (χ0v) is 11.8. The Hall–Kier alpha value is -0.820. The second kappa shape index (κ2) is 4.63. The average Bonchev–Trinajstić information content (AvgIpc) is 3.21. The molecule has 3 aliphatic rings. The first-order valence-corrected chi connectivity index (χ1v) is 8.20. The summed E-state index contributed by atoms with van der Waals surface area (Å²) in [4.78, 5) is 0. The summed E-state index contributed by atoms with van der Waals surface area (Å²) in [6, 6.07) is 9.21. The van der Waals surface area contributed by atoms with Crippen molar-refractivity contribution in [1.82, 2.24) is 5.32 Å². The molecule has 1 saturated heterocycles. The molecule has 0 bridgehead atoms. The van der Waals surface area contributed by atoms with Crippen LogP contribution in [0.3, 0.4) is 0 Å². The lowest BCUT2D eigenvalue weighted by Gasteiger charge is -2.36. The van der Waals surface area contributed by atoms with Crippen molar-refractivity contribution in [1.29, 1.82) is 0 Å². The minimum absolute atomic E-state index is 0.509. The van der Waals surface area contributed by atoms with Crippen molar-refractivity contribution in [2.24, 2.45) is 5.92 Å². The first-order chi connectivity index (χ1) is 9.37. The number of fused-ring (bicyclic) bond motifs is 1. The monoisotopic (exact) mass is 255 g/mol. The lowest BCUT2D eigenvalue weighted by molar-refractivity contribution is 0.268. The van der Waals surface area contributed by atoms with Gasteiger partial charge >= 0.3 is 0 Å². The van der Waals surface area contributed by atoms with Gasteiger partial charge in [-0.05, 0) is 80.9 Å². The molecule has 19 heavy (non-hydrogen) atoms. The van der Waals surface area contributed by atoms with E-state index in [-0.39, 0.29) is 0 Å². The lowest BCUT2D eigenvalue weighted by atomic mass is 9.73. The van der Waals surface area contributed by atoms with Crippen molar-refractivity contribution in [3.05, 3.63) is 35.4 Å². The number of hydrogen-bond acceptors (Lipinski definition) is 1. The van der Waals surface area contributed by atoms with Gasteiger partial charge in [-0.1, -0.05) is 24.3 Å². The van der Waals surface area contributed by atoms with Gasteiger partial charge in [0.05, 0.1) is 0 Å². The quantitative estimate of drug-likeness (QED) is 0.860. The molecule has 2 fully saturated rings. The van der Waals surface area contributed by atoms with E-state index in [1.165, 1.54) is 57.9 Å². The Morgan fingerprint density at radius 1 is 1.11 bits per heavy atom. The van der Waals surface area contributed by atoms with Crippen molar-refractivity contribution < 1.29 is 0 Å². The van der Waals surface area contributed by atoms with E-state index < -0.39 is 0 Å². The highest BCUT2D eigenvalue weighted by molar-refractivity contribution is 5.33. The van der Waals surface area contributed by atoms with Crippen molar-refractivity contribution in [3.63, 3.8) is 0 Å². The van der Waals surface area contributed by atoms with Crippen molar-refractivity contribution in [2.75, 3.05) is 6.54 Å². The van der Waals surface area contributed by atoms with Crippen molar-refractivity contribution >= 4 is 0 Å². The summed E-state index contributed by atoms with van der Waals surface area (Å²) in [5, 5.41) is 3.91. The van der Waals surface area contributed by atoms with Crippen LogP contribution < -0.4 is 5.32 Å². The van der Waals surface area contributed by atoms with Crippen molar-refractivity contribution in [2.45, 2.75) is 62.8 Å². The van der Waals surface area contributed by atoms with Crippen LogP contribution in [-0.2, 0) is 6.42 Å². The van der Waals surface area contributed by atoms with Crippen LogP contribution in [0.2, 0.25) is 0 Å². The largest absolute Gasteiger partial charge is 0.311 e. The molecule has 0 amide bonds. The Kier molecular flexibility index (Phi) is 2.91. The summed E-state index contributed by atoms with van der Waals surface area (Å²) in [5.74, 6) is 1.81. The normalized spacial score (nSPS) is 34.2. The smallest absolute Gasteiger partial charge is 0.0215 e. The predicted molar refractivity (Wildman–Crippen MR) is 79.4 cm³/mol. The molecule has 0 aromatic heterocycles. The fourth-order valence-corrected chi connectivity index (χ4v) is 4.66. The predicted octanol–water partition coefficient (Wildman–Crippen LogP) is 4.03. The molecule has 2 atom stereocenters. The average molecular weight is 255 g/mol. The van der Waals surface area contributed by atoms with Gasteiger partial charge in [0.2, 0.25) is 0 Å². The zero-order chi connectivity index (χ0) is 12.7. The maximum atomic E-state index is 3.91. The molecule has 1 aliphatic heterocycles. The molecule has 2 unspecified atom stereocenters. The molecular weight excluding hydrogens is 230 g/mol. The molecule has 0 radical (unpaired) electrons. The Bertz CT molecular complexity index is 455. The van der Waals surface area contributed by atoms with E-state index in [4.69, 9.17) is 0 Å². The molecule has 2 aliphatic carbocycles. The third-order valence-electron chi connectivity index (χ3n) is 5.74. The minimum atomic E-state index is 0.509. The number of nitrogens with one attached hydrogen (secondary N) is 1. The molecule has 1 N–H and O–H groups in total. The Morgan fingerprint density at radius 3 is 2.79 bits per heavy atom. The van der Waals surface area contributed by atoms with Crippen LogP contribution in [-0.4, -0.2) is 12.1 Å². The second-order valence-electron chi connectivity index (χ2n) is 6.95. The highest BCUT2D eigenvalue weighted by Crippen LogP contribution is 2.50. The zero-order valence-electron chi connectivity index (χ0n) is 11.8. The number of aryl methyl sites for hydroxylation is 1. The standard InChI is InChI=1S/C18H25N/c1-2-8-17-14(5-1)6-3-7-15(17)13-18(16-9-10-16)11-4-12-19-18/h1-2,5,8,15-16,19H,3-4,6-7,9-13H2. The molecular formula is C18H25N. The van der Waals surface area contributed by atoms with Gasteiger partial charge in [0.25, 0.3) is 0 Å². The van der Waals surface area contributed by atoms with Crippen LogP contribution >= 0.6 is 0 Å². The topological polar surface area (TPSA) is 12.0 Å². The van der Waals surface area contributed by atoms with E-state index >= 15 is 0 Å². The molecule has 1 nitrogen and oxygen atoms in total. The maximum absolute atomic E-state index is 3.91. The summed E-state index contributed by atoms with van der Waals surface area (Å²) >= 11 is 0. The van der Waals surface area contributed by atoms with Gasteiger partial charge in [0.1, 0.15) is 0 Å². The number of hydrogen-bond donors (Lipinski definition) is 1. The first-order valence-electron chi connectivity index (χ1n) is 8.20. The summed E-state index contributed by atoms with van der Waals surface area (Å²) in [5.41, 5.74) is 3.81. The van der Waals surface area contributed by atoms with E-state index in [0.29, 0.717) is 5.54 Å². The van der Waals surface area contributed by atoms with Gasteiger partial charge in [-0.2, -0.15) is 0 Å². The van der Waals surface area contributed by atoms with Crippen molar-refractivity contribution in [3.8, 4) is 0 Å². The van der Waals surface area contributed by atoms with Crippen LogP contribution in [0.1, 0.15) is 62.0 Å². The van der Waals surface area contributed by atoms with Crippen LogP contribution in [0.4, 0.5) is 0 Å². The molecule has 102 valence electrons. The molecule has 1 aromatic rings. The second-order valence-corrected chi connectivity index (χ2v) is 6.95. The fraction of sp³-hybridized carbons (Fsp3) is 0.667. The van der Waals surface area contributed by atoms with Gasteiger partial charge in [-0.3, -0.25) is 0 Å². The van der Waals surface area contributed by atoms with Crippen LogP contribution in [0.5, 0.6) is 0 Å². The Morgan fingerprint density at radius 2 is 2.00 bits per heavy atom. The fourth-order valence-electron chi connectivity index (χ4n) is 4.66. The molecule has 4 rings (SSSR count). The highest BCUT2D eigenvalue weighted by atomic mass is 15.0. The molecule has 0 spiro atoms. The van der Waals surface area contributed by atoms with Crippen LogP contribution in [0.25, 0.3) is 0 Å². The van der Waals surface area contributed by atoms with Crippen LogP contribution in [0.15, 0.2) is 24.3 Å². The van der Waals surface area contributed by atoms with E-state index in [2.05, 4.69) is 29.6 Å². The molecule has 1 saturated carbocycles. The summed E-state index contributed by atoms with van der Waals surface area (Å²) < 4.78 is 0.